The van der Waals surface area contributed by atoms with Crippen molar-refractivity contribution in [2.45, 2.75) is 27.2 Å². The molecule has 0 radical (unpaired) electrons. The third kappa shape index (κ3) is 5.46. The fourth-order valence-electron chi connectivity index (χ4n) is 3.60. The maximum atomic E-state index is 13.4. The Morgan fingerprint density at radius 2 is 1.66 bits per heavy atom. The van der Waals surface area contributed by atoms with Crippen molar-refractivity contribution in [3.05, 3.63) is 59.7 Å². The van der Waals surface area contributed by atoms with Crippen LogP contribution in [0.5, 0.6) is 23.0 Å². The zero-order chi connectivity index (χ0) is 25.5. The number of carbonyl (C=O) groups is 3. The predicted octanol–water partition coefficient (Wildman–Crippen LogP) is 3.98. The van der Waals surface area contributed by atoms with Gasteiger partial charge in [0.2, 0.25) is 0 Å². The van der Waals surface area contributed by atoms with E-state index in [4.69, 9.17) is 14.2 Å². The molecule has 1 aliphatic heterocycles. The maximum Gasteiger partial charge on any atom is 0.336 e. The first-order chi connectivity index (χ1) is 16.8. The molecule has 2 aromatic carbocycles. The van der Waals surface area contributed by atoms with Crippen molar-refractivity contribution >= 4 is 29.6 Å². The van der Waals surface area contributed by atoms with Crippen LogP contribution in [0.4, 0.5) is 10.5 Å². The molecule has 2 aromatic rings. The topological polar surface area (TPSA) is 114 Å². The number of hydrogen-bond acceptors (Lipinski definition) is 7. The molecule has 0 spiro atoms. The molecule has 0 saturated carbocycles. The van der Waals surface area contributed by atoms with Gasteiger partial charge in [0, 0.05) is 11.6 Å². The molecule has 1 saturated heterocycles. The van der Waals surface area contributed by atoms with Gasteiger partial charge in [-0.1, -0.05) is 6.08 Å². The molecule has 0 unspecified atom stereocenters. The normalized spacial score (nSPS) is 14.7. The summed E-state index contributed by atoms with van der Waals surface area (Å²) < 4.78 is 16.6. The van der Waals surface area contributed by atoms with Crippen molar-refractivity contribution in [3.8, 4) is 23.0 Å². The molecule has 3 rings (SSSR count). The van der Waals surface area contributed by atoms with Crippen molar-refractivity contribution in [3.63, 3.8) is 0 Å². The van der Waals surface area contributed by atoms with Crippen LogP contribution in [0.1, 0.15) is 31.9 Å². The zero-order valence-corrected chi connectivity index (χ0v) is 19.9. The largest absolute Gasteiger partial charge is 0.504 e. The number of allylic oxidation sites excluding steroid dienone is 1. The molecule has 0 bridgehead atoms. The van der Waals surface area contributed by atoms with Gasteiger partial charge in [-0.05, 0) is 63.1 Å². The van der Waals surface area contributed by atoms with Gasteiger partial charge in [0.25, 0.3) is 11.8 Å². The van der Waals surface area contributed by atoms with Gasteiger partial charge < -0.3 is 19.3 Å². The summed E-state index contributed by atoms with van der Waals surface area (Å²) in [5.41, 5.74) is 0.819. The number of phenols is 1. The molecular weight excluding hydrogens is 452 g/mol. The Morgan fingerprint density at radius 3 is 2.31 bits per heavy atom. The minimum Gasteiger partial charge on any atom is -0.504 e. The van der Waals surface area contributed by atoms with Crippen LogP contribution in [-0.4, -0.2) is 42.8 Å². The number of phenolic OH excluding ortho intramolecular Hbond substituents is 1. The summed E-state index contributed by atoms with van der Waals surface area (Å²) in [6.45, 7) is 10.0. The number of barbiturate groups is 1. The first kappa shape index (κ1) is 25.4. The molecule has 35 heavy (non-hydrogen) atoms. The van der Waals surface area contributed by atoms with Gasteiger partial charge in [0.1, 0.15) is 17.1 Å². The fourth-order valence-corrected chi connectivity index (χ4v) is 3.60. The number of imide groups is 2. The number of ether oxygens (including phenoxy) is 3. The molecule has 184 valence electrons. The van der Waals surface area contributed by atoms with E-state index in [1.54, 1.807) is 38.1 Å². The van der Waals surface area contributed by atoms with Crippen LogP contribution in [0.2, 0.25) is 0 Å². The first-order valence-corrected chi connectivity index (χ1v) is 11.2. The molecule has 0 aromatic heterocycles. The molecular formula is C26H28N2O7. The number of amides is 4. The monoisotopic (exact) mass is 480 g/mol. The molecule has 1 fully saturated rings. The van der Waals surface area contributed by atoms with Crippen molar-refractivity contribution in [1.29, 1.82) is 0 Å². The Labute approximate surface area is 203 Å². The highest BCUT2D eigenvalue weighted by Crippen LogP contribution is 2.36. The number of benzene rings is 2. The smallest absolute Gasteiger partial charge is 0.336 e. The minimum absolute atomic E-state index is 0.0424. The van der Waals surface area contributed by atoms with Crippen LogP contribution < -0.4 is 24.4 Å². The van der Waals surface area contributed by atoms with Gasteiger partial charge in [-0.3, -0.25) is 14.9 Å². The summed E-state index contributed by atoms with van der Waals surface area (Å²) >= 11 is 0. The van der Waals surface area contributed by atoms with Gasteiger partial charge in [-0.2, -0.15) is 0 Å². The quantitative estimate of drug-likeness (QED) is 0.300. The van der Waals surface area contributed by atoms with E-state index >= 15 is 0 Å². The van der Waals surface area contributed by atoms with E-state index in [9.17, 15) is 19.5 Å². The van der Waals surface area contributed by atoms with Crippen LogP contribution >= 0.6 is 0 Å². The minimum atomic E-state index is -0.903. The lowest BCUT2D eigenvalue weighted by Crippen LogP contribution is -2.54. The van der Waals surface area contributed by atoms with Gasteiger partial charge in [0.15, 0.2) is 11.5 Å². The Hall–Kier alpha value is -4.27. The van der Waals surface area contributed by atoms with Gasteiger partial charge in [-0.15, -0.1) is 6.58 Å². The molecule has 1 aliphatic rings. The summed E-state index contributed by atoms with van der Waals surface area (Å²) in [6, 6.07) is 7.00. The third-order valence-corrected chi connectivity index (χ3v) is 5.04. The number of urea groups is 1. The van der Waals surface area contributed by atoms with Crippen LogP contribution in [0.3, 0.4) is 0 Å². The van der Waals surface area contributed by atoms with Crippen LogP contribution in [0.15, 0.2) is 48.6 Å². The summed E-state index contributed by atoms with van der Waals surface area (Å²) in [5.74, 6) is -0.790. The average Bonchev–Trinajstić information content (AvgIpc) is 2.81. The molecule has 0 aliphatic carbocycles. The van der Waals surface area contributed by atoms with Crippen LogP contribution in [-0.2, 0) is 16.0 Å². The molecule has 4 amide bonds. The molecule has 0 atom stereocenters. The number of aromatic hydroxyl groups is 1. The fraction of sp³-hybridized carbons (Fsp3) is 0.269. The predicted molar refractivity (Wildman–Crippen MR) is 131 cm³/mol. The highest BCUT2D eigenvalue weighted by molar-refractivity contribution is 6.39. The van der Waals surface area contributed by atoms with Crippen LogP contribution in [0, 0.1) is 0 Å². The van der Waals surface area contributed by atoms with Crippen molar-refractivity contribution in [1.82, 2.24) is 5.32 Å². The van der Waals surface area contributed by atoms with E-state index in [0.29, 0.717) is 43.1 Å². The van der Waals surface area contributed by atoms with E-state index in [-0.39, 0.29) is 28.5 Å². The molecule has 9 heteroatoms. The highest BCUT2D eigenvalue weighted by atomic mass is 16.5. The lowest BCUT2D eigenvalue weighted by atomic mass is 10.0. The number of nitrogens with zero attached hydrogens (tertiary/aromatic N) is 1. The second kappa shape index (κ2) is 11.2. The van der Waals surface area contributed by atoms with Gasteiger partial charge in [0.05, 0.1) is 25.5 Å². The lowest BCUT2D eigenvalue weighted by molar-refractivity contribution is -0.122. The average molecular weight is 481 g/mol. The Morgan fingerprint density at radius 1 is 0.971 bits per heavy atom. The number of nitrogens with one attached hydrogen (secondary N) is 1. The van der Waals surface area contributed by atoms with E-state index in [0.717, 1.165) is 4.90 Å². The van der Waals surface area contributed by atoms with Crippen molar-refractivity contribution in [2.24, 2.45) is 0 Å². The van der Waals surface area contributed by atoms with Crippen LogP contribution in [0.25, 0.3) is 6.08 Å². The van der Waals surface area contributed by atoms with Gasteiger partial charge in [-0.25, -0.2) is 9.69 Å². The maximum absolute atomic E-state index is 13.4. The highest BCUT2D eigenvalue weighted by Gasteiger charge is 2.38. The Balaban J connectivity index is 2.10. The van der Waals surface area contributed by atoms with E-state index < -0.39 is 17.8 Å². The molecule has 1 heterocycles. The summed E-state index contributed by atoms with van der Waals surface area (Å²) in [5, 5.41) is 12.6. The number of carbonyl (C=O) groups excluding carboxylic acids is 3. The first-order valence-electron chi connectivity index (χ1n) is 11.2. The number of hydrogen-bond donors (Lipinski definition) is 2. The molecule has 2 N–H and O–H groups in total. The standard InChI is InChI=1S/C26H28N2O7/c1-5-9-17-12-16(14-22(23(17)29)35-8-4)13-19-24(30)27-26(32)28(25(19)31)20-15-18(33-6-2)10-11-21(20)34-7-3/h5,10-15,29H,1,6-9H2,2-4H3,(H,27,30,32)/b19-13+. The Kier molecular flexibility index (Phi) is 8.14. The Bertz CT molecular complexity index is 1190. The SMILES string of the molecule is C=CCc1cc(/C=C2\C(=O)NC(=O)N(c3cc(OCC)ccc3OCC)C2=O)cc(OCC)c1O. The van der Waals surface area contributed by atoms with Gasteiger partial charge >= 0.3 is 6.03 Å². The summed E-state index contributed by atoms with van der Waals surface area (Å²) in [6.07, 6.45) is 3.30. The van der Waals surface area contributed by atoms with E-state index in [2.05, 4.69) is 11.9 Å². The van der Waals surface area contributed by atoms with E-state index in [1.165, 1.54) is 18.2 Å². The lowest BCUT2D eigenvalue weighted by Gasteiger charge is -2.28. The van der Waals surface area contributed by atoms with E-state index in [1.807, 2.05) is 6.92 Å². The zero-order valence-electron chi connectivity index (χ0n) is 19.9. The number of rotatable bonds is 10. The summed E-state index contributed by atoms with van der Waals surface area (Å²) in [4.78, 5) is 39.7. The molecule has 9 nitrogen and oxygen atoms in total. The second-order valence-corrected chi connectivity index (χ2v) is 7.41. The number of anilines is 1. The summed E-state index contributed by atoms with van der Waals surface area (Å²) in [7, 11) is 0. The van der Waals surface area contributed by atoms with Crippen molar-refractivity contribution in [2.75, 3.05) is 24.7 Å². The second-order valence-electron chi connectivity index (χ2n) is 7.41. The van der Waals surface area contributed by atoms with Crippen molar-refractivity contribution < 1.29 is 33.7 Å². The third-order valence-electron chi connectivity index (χ3n) is 5.04.